The van der Waals surface area contributed by atoms with Crippen LogP contribution in [0.2, 0.25) is 0 Å². The van der Waals surface area contributed by atoms with E-state index in [2.05, 4.69) is 12.2 Å². The van der Waals surface area contributed by atoms with Crippen LogP contribution >= 0.6 is 0 Å². The van der Waals surface area contributed by atoms with Crippen LogP contribution in [0.1, 0.15) is 19.8 Å². The Hall–Kier alpha value is -1.05. The average Bonchev–Trinajstić information content (AvgIpc) is 2.06. The molecule has 1 nitrogen and oxygen atoms in total. The van der Waals surface area contributed by atoms with E-state index in [4.69, 9.17) is 0 Å². The molecule has 0 saturated heterocycles. The Bertz CT molecular complexity index is 292. The van der Waals surface area contributed by atoms with Crippen LogP contribution in [0.15, 0.2) is 24.3 Å². The molecular weight excluding hydrogens is 165 g/mol. The lowest BCUT2D eigenvalue weighted by molar-refractivity contribution is 0.308. The molecule has 0 radical (unpaired) electrons. The quantitative estimate of drug-likeness (QED) is 0.735. The van der Waals surface area contributed by atoms with Gasteiger partial charge in [0.2, 0.25) is 0 Å². The standard InChI is InChI=1S/C11H14FN/c1-8-6-9(7-8)13-11-5-3-2-4-10(11)12/h2-5,8-9,13H,6-7H2,1H3. The molecule has 70 valence electrons. The molecule has 1 N–H and O–H groups in total. The van der Waals surface area contributed by atoms with Crippen molar-refractivity contribution in [2.75, 3.05) is 5.32 Å². The van der Waals surface area contributed by atoms with Crippen molar-refractivity contribution in [1.82, 2.24) is 0 Å². The highest BCUT2D eigenvalue weighted by atomic mass is 19.1. The number of para-hydroxylation sites is 1. The van der Waals surface area contributed by atoms with Crippen molar-refractivity contribution in [2.45, 2.75) is 25.8 Å². The molecule has 0 spiro atoms. The molecule has 0 atom stereocenters. The van der Waals surface area contributed by atoms with E-state index in [1.165, 1.54) is 6.07 Å². The summed E-state index contributed by atoms with van der Waals surface area (Å²) in [6.45, 7) is 2.22. The van der Waals surface area contributed by atoms with E-state index in [1.54, 1.807) is 12.1 Å². The molecule has 1 aromatic rings. The van der Waals surface area contributed by atoms with Crippen molar-refractivity contribution in [3.8, 4) is 0 Å². The number of nitrogens with one attached hydrogen (secondary N) is 1. The van der Waals surface area contributed by atoms with Gasteiger partial charge in [0.25, 0.3) is 0 Å². The molecule has 1 fully saturated rings. The Morgan fingerprint density at radius 3 is 2.62 bits per heavy atom. The molecule has 0 aromatic heterocycles. The van der Waals surface area contributed by atoms with E-state index >= 15 is 0 Å². The van der Waals surface area contributed by atoms with Crippen molar-refractivity contribution < 1.29 is 4.39 Å². The van der Waals surface area contributed by atoms with E-state index in [0.717, 1.165) is 18.8 Å². The van der Waals surface area contributed by atoms with Gasteiger partial charge in [0.1, 0.15) is 5.82 Å². The summed E-state index contributed by atoms with van der Waals surface area (Å²) in [5.74, 6) is 0.645. The molecule has 2 heteroatoms. The molecule has 1 aliphatic rings. The van der Waals surface area contributed by atoms with Gasteiger partial charge >= 0.3 is 0 Å². The van der Waals surface area contributed by atoms with Gasteiger partial charge in [0.15, 0.2) is 0 Å². The van der Waals surface area contributed by atoms with E-state index in [-0.39, 0.29) is 5.82 Å². The number of anilines is 1. The zero-order valence-corrected chi connectivity index (χ0v) is 7.76. The number of hydrogen-bond acceptors (Lipinski definition) is 1. The third-order valence-corrected chi connectivity index (χ3v) is 2.61. The highest BCUT2D eigenvalue weighted by Gasteiger charge is 2.25. The first-order chi connectivity index (χ1) is 6.25. The highest BCUT2D eigenvalue weighted by molar-refractivity contribution is 5.45. The number of rotatable bonds is 2. The topological polar surface area (TPSA) is 12.0 Å². The fourth-order valence-electron chi connectivity index (χ4n) is 1.82. The molecule has 0 heterocycles. The zero-order chi connectivity index (χ0) is 9.26. The van der Waals surface area contributed by atoms with Gasteiger partial charge in [-0.25, -0.2) is 4.39 Å². The monoisotopic (exact) mass is 179 g/mol. The van der Waals surface area contributed by atoms with Gasteiger partial charge in [-0.2, -0.15) is 0 Å². The Balaban J connectivity index is 1.98. The summed E-state index contributed by atoms with van der Waals surface area (Å²) in [6.07, 6.45) is 2.32. The van der Waals surface area contributed by atoms with Crippen LogP contribution in [-0.2, 0) is 0 Å². The van der Waals surface area contributed by atoms with E-state index in [0.29, 0.717) is 11.7 Å². The molecule has 0 amide bonds. The van der Waals surface area contributed by atoms with Crippen LogP contribution in [-0.4, -0.2) is 6.04 Å². The van der Waals surface area contributed by atoms with Crippen LogP contribution in [0.5, 0.6) is 0 Å². The van der Waals surface area contributed by atoms with Crippen molar-refractivity contribution >= 4 is 5.69 Å². The van der Waals surface area contributed by atoms with E-state index < -0.39 is 0 Å². The van der Waals surface area contributed by atoms with E-state index in [1.807, 2.05) is 6.07 Å². The molecule has 1 aliphatic carbocycles. The zero-order valence-electron chi connectivity index (χ0n) is 7.76. The third-order valence-electron chi connectivity index (χ3n) is 2.61. The van der Waals surface area contributed by atoms with Gasteiger partial charge in [0.05, 0.1) is 5.69 Å². The van der Waals surface area contributed by atoms with Gasteiger partial charge in [-0.05, 0) is 30.9 Å². The Morgan fingerprint density at radius 2 is 2.00 bits per heavy atom. The van der Waals surface area contributed by atoms with Crippen LogP contribution in [0.4, 0.5) is 10.1 Å². The SMILES string of the molecule is CC1CC(Nc2ccccc2F)C1. The van der Waals surface area contributed by atoms with E-state index in [9.17, 15) is 4.39 Å². The minimum absolute atomic E-state index is 0.151. The number of halogens is 1. The number of hydrogen-bond donors (Lipinski definition) is 1. The maximum absolute atomic E-state index is 13.1. The summed E-state index contributed by atoms with van der Waals surface area (Å²) in [7, 11) is 0. The van der Waals surface area contributed by atoms with Gasteiger partial charge in [-0.3, -0.25) is 0 Å². The predicted molar refractivity (Wildman–Crippen MR) is 52.2 cm³/mol. The van der Waals surface area contributed by atoms with Crippen molar-refractivity contribution in [3.05, 3.63) is 30.1 Å². The average molecular weight is 179 g/mol. The third kappa shape index (κ3) is 1.82. The van der Waals surface area contributed by atoms with Gasteiger partial charge in [-0.1, -0.05) is 19.1 Å². The van der Waals surface area contributed by atoms with Crippen molar-refractivity contribution in [1.29, 1.82) is 0 Å². The Kier molecular flexibility index (Phi) is 2.21. The predicted octanol–water partition coefficient (Wildman–Crippen LogP) is 3.04. The molecule has 1 aromatic carbocycles. The Labute approximate surface area is 78.0 Å². The Morgan fingerprint density at radius 1 is 1.31 bits per heavy atom. The second-order valence-corrected chi connectivity index (χ2v) is 3.90. The summed E-state index contributed by atoms with van der Waals surface area (Å²) >= 11 is 0. The van der Waals surface area contributed by atoms with Gasteiger partial charge in [0, 0.05) is 6.04 Å². The first-order valence-electron chi connectivity index (χ1n) is 4.77. The molecular formula is C11H14FN. The molecule has 0 bridgehead atoms. The highest BCUT2D eigenvalue weighted by Crippen LogP contribution is 2.29. The largest absolute Gasteiger partial charge is 0.380 e. The summed E-state index contributed by atoms with van der Waals surface area (Å²) in [5.41, 5.74) is 0.638. The minimum Gasteiger partial charge on any atom is -0.380 e. The normalized spacial score (nSPS) is 26.6. The second-order valence-electron chi connectivity index (χ2n) is 3.90. The fourth-order valence-corrected chi connectivity index (χ4v) is 1.82. The van der Waals surface area contributed by atoms with Crippen molar-refractivity contribution in [3.63, 3.8) is 0 Å². The smallest absolute Gasteiger partial charge is 0.146 e. The maximum atomic E-state index is 13.1. The van der Waals surface area contributed by atoms with Crippen LogP contribution in [0.25, 0.3) is 0 Å². The minimum atomic E-state index is -0.151. The van der Waals surface area contributed by atoms with Crippen LogP contribution in [0, 0.1) is 11.7 Å². The lowest BCUT2D eigenvalue weighted by Gasteiger charge is -2.34. The second kappa shape index (κ2) is 3.36. The van der Waals surface area contributed by atoms with Gasteiger partial charge in [-0.15, -0.1) is 0 Å². The summed E-state index contributed by atoms with van der Waals surface area (Å²) in [6, 6.07) is 7.33. The number of benzene rings is 1. The lowest BCUT2D eigenvalue weighted by Crippen LogP contribution is -2.33. The molecule has 0 unspecified atom stereocenters. The maximum Gasteiger partial charge on any atom is 0.146 e. The summed E-state index contributed by atoms with van der Waals surface area (Å²) < 4.78 is 13.1. The lowest BCUT2D eigenvalue weighted by atomic mass is 9.82. The van der Waals surface area contributed by atoms with Crippen LogP contribution in [0.3, 0.4) is 0 Å². The molecule has 1 saturated carbocycles. The summed E-state index contributed by atoms with van der Waals surface area (Å²) in [5, 5.41) is 3.20. The first kappa shape index (κ1) is 8.54. The van der Waals surface area contributed by atoms with Crippen molar-refractivity contribution in [2.24, 2.45) is 5.92 Å². The molecule has 13 heavy (non-hydrogen) atoms. The van der Waals surface area contributed by atoms with Gasteiger partial charge < -0.3 is 5.32 Å². The fraction of sp³-hybridized carbons (Fsp3) is 0.455. The summed E-state index contributed by atoms with van der Waals surface area (Å²) in [4.78, 5) is 0. The first-order valence-corrected chi connectivity index (χ1v) is 4.77. The van der Waals surface area contributed by atoms with Crippen LogP contribution < -0.4 is 5.32 Å². The molecule has 0 aliphatic heterocycles. The molecule has 2 rings (SSSR count).